The third kappa shape index (κ3) is 3.34. The van der Waals surface area contributed by atoms with Gasteiger partial charge < -0.3 is 14.2 Å². The lowest BCUT2D eigenvalue weighted by molar-refractivity contribution is 0.00689. The van der Waals surface area contributed by atoms with Gasteiger partial charge in [0.2, 0.25) is 10.0 Å². The van der Waals surface area contributed by atoms with Crippen molar-refractivity contribution in [1.82, 2.24) is 9.21 Å². The minimum absolute atomic E-state index is 0.258. The lowest BCUT2D eigenvalue weighted by Crippen LogP contribution is -2.42. The number of nitrogens with zero attached hydrogens (tertiary/aromatic N) is 2. The van der Waals surface area contributed by atoms with Crippen LogP contribution in [0.15, 0.2) is 18.2 Å². The zero-order chi connectivity index (χ0) is 20.2. The number of sulfonamides is 1. The second-order valence-corrected chi connectivity index (χ2v) is 11.0. The Labute approximate surface area is 173 Å². The van der Waals surface area contributed by atoms with Gasteiger partial charge in [-0.1, -0.05) is 12.1 Å². The molecule has 1 spiro atoms. The molecule has 0 aliphatic carbocycles. The molecule has 3 saturated heterocycles. The van der Waals surface area contributed by atoms with Crippen molar-refractivity contribution >= 4 is 10.0 Å². The summed E-state index contributed by atoms with van der Waals surface area (Å²) in [7, 11) is -1.50. The lowest BCUT2D eigenvalue weighted by Gasteiger charge is -2.34. The van der Waals surface area contributed by atoms with Crippen molar-refractivity contribution < 1.29 is 22.6 Å². The van der Waals surface area contributed by atoms with Gasteiger partial charge in [0.25, 0.3) is 0 Å². The molecule has 29 heavy (non-hydrogen) atoms. The molecule has 2 bridgehead atoms. The number of fused-ring (bicyclic) bond motifs is 2. The summed E-state index contributed by atoms with van der Waals surface area (Å²) in [5, 5.41) is 0. The highest BCUT2D eigenvalue weighted by atomic mass is 32.2. The molecule has 0 aromatic heterocycles. The van der Waals surface area contributed by atoms with Crippen LogP contribution >= 0.6 is 0 Å². The maximum atomic E-state index is 12.1. The van der Waals surface area contributed by atoms with Crippen LogP contribution in [-0.2, 0) is 21.3 Å². The second kappa shape index (κ2) is 7.11. The van der Waals surface area contributed by atoms with Gasteiger partial charge in [-0.3, -0.25) is 4.90 Å². The molecule has 0 amide bonds. The molecule has 0 N–H and O–H groups in total. The van der Waals surface area contributed by atoms with Gasteiger partial charge in [0, 0.05) is 50.1 Å². The van der Waals surface area contributed by atoms with Gasteiger partial charge in [0.15, 0.2) is 11.5 Å². The third-order valence-electron chi connectivity index (χ3n) is 7.23. The molecule has 0 unspecified atom stereocenters. The fraction of sp³-hybridized carbons (Fsp3) is 0.714. The van der Waals surface area contributed by atoms with Gasteiger partial charge in [-0.15, -0.1) is 0 Å². The largest absolute Gasteiger partial charge is 0.493 e. The van der Waals surface area contributed by atoms with E-state index < -0.39 is 10.0 Å². The monoisotopic (exact) mass is 422 g/mol. The SMILES string of the molecule is COc1cccc2c1OCCCN(C[C@H]1[C@H]3CN(S(C)(=O)=O)C[C@]34CC[C@H]1O4)C2. The molecule has 4 atom stereocenters. The van der Waals surface area contributed by atoms with Crippen molar-refractivity contribution in [1.29, 1.82) is 0 Å². The molecular weight excluding hydrogens is 392 g/mol. The Kier molecular flexibility index (Phi) is 4.81. The van der Waals surface area contributed by atoms with E-state index in [1.165, 1.54) is 6.26 Å². The average Bonchev–Trinajstić information content (AvgIpc) is 3.32. The van der Waals surface area contributed by atoms with Gasteiger partial charge in [-0.2, -0.15) is 4.31 Å². The molecule has 7 nitrogen and oxygen atoms in total. The number of para-hydroxylation sites is 1. The quantitative estimate of drug-likeness (QED) is 0.736. The summed E-state index contributed by atoms with van der Waals surface area (Å²) in [6.07, 6.45) is 4.56. The Hall–Kier alpha value is -1.35. The van der Waals surface area contributed by atoms with Crippen LogP contribution in [0.5, 0.6) is 11.5 Å². The summed E-state index contributed by atoms with van der Waals surface area (Å²) in [5.41, 5.74) is 0.887. The number of methoxy groups -OCH3 is 1. The van der Waals surface area contributed by atoms with E-state index in [1.54, 1.807) is 11.4 Å². The number of benzene rings is 1. The van der Waals surface area contributed by atoms with E-state index in [0.29, 0.717) is 31.5 Å². The summed E-state index contributed by atoms with van der Waals surface area (Å²) >= 11 is 0. The van der Waals surface area contributed by atoms with Gasteiger partial charge in [-0.05, 0) is 25.3 Å². The Morgan fingerprint density at radius 3 is 3.00 bits per heavy atom. The smallest absolute Gasteiger partial charge is 0.211 e. The first kappa shape index (κ1) is 19.6. The fourth-order valence-corrected chi connectivity index (χ4v) is 6.78. The number of hydrogen-bond donors (Lipinski definition) is 0. The Morgan fingerprint density at radius 2 is 2.21 bits per heavy atom. The lowest BCUT2D eigenvalue weighted by atomic mass is 9.73. The highest BCUT2D eigenvalue weighted by Crippen LogP contribution is 2.55. The van der Waals surface area contributed by atoms with E-state index in [-0.39, 0.29) is 11.7 Å². The van der Waals surface area contributed by atoms with Crippen LogP contribution in [0, 0.1) is 11.8 Å². The van der Waals surface area contributed by atoms with Crippen molar-refractivity contribution in [3.63, 3.8) is 0 Å². The topological polar surface area (TPSA) is 68.3 Å². The number of hydrogen-bond acceptors (Lipinski definition) is 6. The predicted molar refractivity (Wildman–Crippen MR) is 109 cm³/mol. The maximum absolute atomic E-state index is 12.1. The molecule has 5 rings (SSSR count). The van der Waals surface area contributed by atoms with Crippen molar-refractivity contribution in [2.75, 3.05) is 46.2 Å². The molecule has 160 valence electrons. The van der Waals surface area contributed by atoms with Crippen molar-refractivity contribution in [3.05, 3.63) is 23.8 Å². The van der Waals surface area contributed by atoms with Crippen molar-refractivity contribution in [3.8, 4) is 11.5 Å². The summed E-state index contributed by atoms with van der Waals surface area (Å²) < 4.78 is 43.9. The molecule has 0 saturated carbocycles. The predicted octanol–water partition coefficient (Wildman–Crippen LogP) is 1.72. The van der Waals surface area contributed by atoms with E-state index in [4.69, 9.17) is 14.2 Å². The molecule has 4 aliphatic rings. The minimum Gasteiger partial charge on any atom is -0.493 e. The fourth-order valence-electron chi connectivity index (χ4n) is 5.89. The Balaban J connectivity index is 1.36. The van der Waals surface area contributed by atoms with Gasteiger partial charge in [0.1, 0.15) is 0 Å². The summed E-state index contributed by atoms with van der Waals surface area (Å²) in [6.45, 7) is 4.51. The van der Waals surface area contributed by atoms with Gasteiger partial charge in [-0.25, -0.2) is 8.42 Å². The van der Waals surface area contributed by atoms with Crippen LogP contribution in [-0.4, -0.2) is 75.5 Å². The molecule has 3 fully saturated rings. The summed E-state index contributed by atoms with van der Waals surface area (Å²) in [6, 6.07) is 6.06. The molecule has 4 heterocycles. The van der Waals surface area contributed by atoms with Gasteiger partial charge >= 0.3 is 0 Å². The Bertz CT molecular complexity index is 891. The number of ether oxygens (including phenoxy) is 3. The van der Waals surface area contributed by atoms with Crippen LogP contribution in [0.1, 0.15) is 24.8 Å². The van der Waals surface area contributed by atoms with Gasteiger partial charge in [0.05, 0.1) is 31.7 Å². The first-order valence-electron chi connectivity index (χ1n) is 10.5. The first-order chi connectivity index (χ1) is 13.9. The van der Waals surface area contributed by atoms with E-state index >= 15 is 0 Å². The van der Waals surface area contributed by atoms with Crippen LogP contribution in [0.2, 0.25) is 0 Å². The summed E-state index contributed by atoms with van der Waals surface area (Å²) in [4.78, 5) is 2.49. The van der Waals surface area contributed by atoms with Crippen LogP contribution in [0.25, 0.3) is 0 Å². The van der Waals surface area contributed by atoms with E-state index in [1.807, 2.05) is 12.1 Å². The zero-order valence-corrected chi connectivity index (χ0v) is 18.0. The van der Waals surface area contributed by atoms with Crippen LogP contribution < -0.4 is 9.47 Å². The zero-order valence-electron chi connectivity index (χ0n) is 17.2. The average molecular weight is 423 g/mol. The standard InChI is InChI=1S/C21H30N2O5S/c1-26-19-6-3-5-15-11-22(9-4-10-27-20(15)19)12-16-17-13-23(29(2,24)25)14-21(17)8-7-18(16)28-21/h3,5-6,16-18H,4,7-14H2,1-2H3/t16-,17+,18+,21+/m0/s1. The van der Waals surface area contributed by atoms with Crippen molar-refractivity contribution in [2.24, 2.45) is 11.8 Å². The molecule has 1 aromatic carbocycles. The third-order valence-corrected chi connectivity index (χ3v) is 8.45. The molecular formula is C21H30N2O5S. The molecule has 4 aliphatic heterocycles. The highest BCUT2D eigenvalue weighted by molar-refractivity contribution is 7.88. The molecule has 1 aromatic rings. The second-order valence-electron chi connectivity index (χ2n) is 8.97. The highest BCUT2D eigenvalue weighted by Gasteiger charge is 2.64. The minimum atomic E-state index is -3.18. The molecule has 0 radical (unpaired) electrons. The number of rotatable bonds is 4. The summed E-state index contributed by atoms with van der Waals surface area (Å²) in [5.74, 6) is 2.31. The van der Waals surface area contributed by atoms with Crippen molar-refractivity contribution in [2.45, 2.75) is 37.5 Å². The normalized spacial score (nSPS) is 34.9. The maximum Gasteiger partial charge on any atom is 0.211 e. The van der Waals surface area contributed by atoms with E-state index in [2.05, 4.69) is 11.0 Å². The Morgan fingerprint density at radius 1 is 1.34 bits per heavy atom. The molecule has 8 heteroatoms. The van der Waals surface area contributed by atoms with Crippen LogP contribution in [0.4, 0.5) is 0 Å². The first-order valence-corrected chi connectivity index (χ1v) is 12.4. The van der Waals surface area contributed by atoms with E-state index in [0.717, 1.165) is 56.0 Å². The van der Waals surface area contributed by atoms with E-state index in [9.17, 15) is 8.42 Å². The van der Waals surface area contributed by atoms with Crippen LogP contribution in [0.3, 0.4) is 0 Å².